The number of aliphatic hydroxyl groups excluding tert-OH is 2. The molecule has 0 spiro atoms. The third-order valence-corrected chi connectivity index (χ3v) is 9.91. The fourth-order valence-corrected chi connectivity index (χ4v) is 8.05. The number of nitrogens with zero attached hydrogens (tertiary/aromatic N) is 4. The summed E-state index contributed by atoms with van der Waals surface area (Å²) in [4.78, 5) is 0. The molecule has 1 aromatic carbocycles. The van der Waals surface area contributed by atoms with Gasteiger partial charge in [0.1, 0.15) is 47.4 Å². The van der Waals surface area contributed by atoms with E-state index in [4.69, 9.17) is 14.0 Å². The van der Waals surface area contributed by atoms with E-state index >= 15 is 0 Å². The van der Waals surface area contributed by atoms with E-state index in [9.17, 15) is 28.5 Å². The Bertz CT molecular complexity index is 1300. The molecule has 2 fully saturated rings. The molecule has 0 amide bonds. The number of hydrogen-bond donors (Lipinski definition) is 3. The van der Waals surface area contributed by atoms with E-state index in [-0.39, 0.29) is 11.3 Å². The topological polar surface area (TPSA) is 136 Å². The van der Waals surface area contributed by atoms with Gasteiger partial charge in [-0.15, -0.1) is 16.9 Å². The SMILES string of the molecule is CO[C@@H]1[C@@H](n2cc(-c3cc(F)c(F)c(F)c3)nn2)[C@@H](O)[C@@H](CO)O[C@H]1S[C@H](c1nocc1C)C1(O)CCSCC1. The predicted octanol–water partition coefficient (Wildman–Crippen LogP) is 3.03. The smallest absolute Gasteiger partial charge is 0.194 e. The lowest BCUT2D eigenvalue weighted by Gasteiger charge is -2.46. The summed E-state index contributed by atoms with van der Waals surface area (Å²) in [5.74, 6) is -2.84. The molecule has 6 atom stereocenters. The molecule has 0 radical (unpaired) electrons. The maximum absolute atomic E-state index is 13.9. The van der Waals surface area contributed by atoms with Gasteiger partial charge >= 0.3 is 0 Å². The van der Waals surface area contributed by atoms with Crippen LogP contribution in [0, 0.1) is 24.4 Å². The van der Waals surface area contributed by atoms with Crippen LogP contribution < -0.4 is 0 Å². The largest absolute Gasteiger partial charge is 0.394 e. The summed E-state index contributed by atoms with van der Waals surface area (Å²) in [6.45, 7) is 1.30. The standard InChI is InChI=1S/C25H29F3N4O6S2/c1-12-11-37-30-19(12)23(25(35)3-5-39-6-4-25)40-24-22(36-2)20(21(34)17(10-33)38-24)32-9-16(29-31-32)13-7-14(26)18(28)15(27)8-13/h7-9,11,17,20-24,33-35H,3-6,10H2,1-2H3/t17-,20+,21+,22-,23-,24+/m1/s1. The quantitative estimate of drug-likeness (QED) is 0.328. The van der Waals surface area contributed by atoms with Gasteiger partial charge in [0.15, 0.2) is 17.5 Å². The first kappa shape index (κ1) is 29.4. The maximum Gasteiger partial charge on any atom is 0.194 e. The number of halogens is 3. The second-order valence-electron chi connectivity index (χ2n) is 9.86. The van der Waals surface area contributed by atoms with E-state index in [0.717, 1.165) is 29.2 Å². The van der Waals surface area contributed by atoms with Crippen molar-refractivity contribution < 1.29 is 42.5 Å². The molecule has 0 unspecified atom stereocenters. The van der Waals surface area contributed by atoms with Crippen LogP contribution in [0.15, 0.2) is 29.1 Å². The molecule has 2 saturated heterocycles. The van der Waals surface area contributed by atoms with Crippen LogP contribution in [0.25, 0.3) is 11.3 Å². The number of aromatic nitrogens is 4. The Morgan fingerprint density at radius 2 is 1.95 bits per heavy atom. The molecule has 4 heterocycles. The average molecular weight is 603 g/mol. The monoisotopic (exact) mass is 602 g/mol. The van der Waals surface area contributed by atoms with Gasteiger partial charge in [-0.3, -0.25) is 0 Å². The van der Waals surface area contributed by atoms with Gasteiger partial charge in [0.2, 0.25) is 0 Å². The van der Waals surface area contributed by atoms with Gasteiger partial charge in [-0.05, 0) is 43.4 Å². The van der Waals surface area contributed by atoms with Crippen LogP contribution in [0.4, 0.5) is 13.2 Å². The molecule has 0 bridgehead atoms. The summed E-state index contributed by atoms with van der Waals surface area (Å²) < 4.78 is 59.6. The summed E-state index contributed by atoms with van der Waals surface area (Å²) in [6.07, 6.45) is 0.619. The first-order valence-electron chi connectivity index (χ1n) is 12.6. The third kappa shape index (κ3) is 5.52. The minimum Gasteiger partial charge on any atom is -0.394 e. The predicted molar refractivity (Wildman–Crippen MR) is 140 cm³/mol. The van der Waals surface area contributed by atoms with Crippen molar-refractivity contribution in [3.8, 4) is 11.3 Å². The van der Waals surface area contributed by atoms with E-state index in [1.807, 2.05) is 6.92 Å². The van der Waals surface area contributed by atoms with Gasteiger partial charge in [0, 0.05) is 18.2 Å². The zero-order valence-electron chi connectivity index (χ0n) is 21.6. The third-order valence-electron chi connectivity index (χ3n) is 7.34. The summed E-state index contributed by atoms with van der Waals surface area (Å²) in [7, 11) is 1.42. The van der Waals surface area contributed by atoms with Crippen molar-refractivity contribution in [2.75, 3.05) is 25.2 Å². The Labute approximate surface area is 236 Å². The van der Waals surface area contributed by atoms with Crippen LogP contribution in [0.1, 0.15) is 35.4 Å². The number of methoxy groups -OCH3 is 1. The summed E-state index contributed by atoms with van der Waals surface area (Å²) >= 11 is 3.00. The Morgan fingerprint density at radius 3 is 2.55 bits per heavy atom. The molecule has 2 aromatic heterocycles. The normalized spacial score (nSPS) is 27.6. The Hall–Kier alpha value is -2.14. The van der Waals surface area contributed by atoms with Crippen LogP contribution >= 0.6 is 23.5 Å². The van der Waals surface area contributed by atoms with Gasteiger partial charge in [-0.1, -0.05) is 10.4 Å². The van der Waals surface area contributed by atoms with E-state index in [1.54, 1.807) is 11.8 Å². The van der Waals surface area contributed by atoms with Crippen molar-refractivity contribution >= 4 is 23.5 Å². The molecule has 3 aromatic rings. The Kier molecular flexibility index (Phi) is 8.80. The molecule has 0 aliphatic carbocycles. The highest BCUT2D eigenvalue weighted by atomic mass is 32.2. The lowest BCUT2D eigenvalue weighted by molar-refractivity contribution is -0.186. The first-order chi connectivity index (χ1) is 19.2. The molecular weight excluding hydrogens is 573 g/mol. The molecular formula is C25H29F3N4O6S2. The van der Waals surface area contributed by atoms with Crippen molar-refractivity contribution in [3.05, 3.63) is 53.3 Å². The van der Waals surface area contributed by atoms with Gasteiger partial charge in [-0.25, -0.2) is 17.9 Å². The summed E-state index contributed by atoms with van der Waals surface area (Å²) in [5, 5.41) is 44.6. The molecule has 2 aliphatic heterocycles. The van der Waals surface area contributed by atoms with Gasteiger partial charge in [-0.2, -0.15) is 11.8 Å². The van der Waals surface area contributed by atoms with Crippen molar-refractivity contribution in [2.24, 2.45) is 0 Å². The molecule has 2 aliphatic rings. The highest BCUT2D eigenvalue weighted by molar-refractivity contribution is 8.00. The molecule has 10 nitrogen and oxygen atoms in total. The number of benzene rings is 1. The summed E-state index contributed by atoms with van der Waals surface area (Å²) in [6, 6.07) is 0.634. The molecule has 218 valence electrons. The second-order valence-corrected chi connectivity index (χ2v) is 12.3. The fraction of sp³-hybridized carbons (Fsp3) is 0.560. The second kappa shape index (κ2) is 12.0. The number of ether oxygens (including phenoxy) is 2. The van der Waals surface area contributed by atoms with Crippen molar-refractivity contribution in [2.45, 2.75) is 60.4 Å². The number of aliphatic hydroxyl groups is 3. The van der Waals surface area contributed by atoms with E-state index in [2.05, 4.69) is 15.5 Å². The number of thioether (sulfide) groups is 2. The van der Waals surface area contributed by atoms with Crippen molar-refractivity contribution in [3.63, 3.8) is 0 Å². The van der Waals surface area contributed by atoms with Crippen LogP contribution in [0.2, 0.25) is 0 Å². The maximum atomic E-state index is 13.9. The average Bonchev–Trinajstić information content (AvgIpc) is 3.60. The minimum atomic E-state index is -1.60. The van der Waals surface area contributed by atoms with Gasteiger partial charge in [0.25, 0.3) is 0 Å². The zero-order valence-corrected chi connectivity index (χ0v) is 23.2. The van der Waals surface area contributed by atoms with E-state index in [0.29, 0.717) is 18.5 Å². The molecule has 5 rings (SSSR count). The highest BCUT2D eigenvalue weighted by Crippen LogP contribution is 2.50. The van der Waals surface area contributed by atoms with Crippen LogP contribution in [-0.4, -0.2) is 90.0 Å². The van der Waals surface area contributed by atoms with E-state index in [1.165, 1.54) is 36.0 Å². The van der Waals surface area contributed by atoms with Crippen molar-refractivity contribution in [1.29, 1.82) is 0 Å². The van der Waals surface area contributed by atoms with Crippen LogP contribution in [-0.2, 0) is 9.47 Å². The van der Waals surface area contributed by atoms with Crippen LogP contribution in [0.3, 0.4) is 0 Å². The summed E-state index contributed by atoms with van der Waals surface area (Å²) in [5.41, 5.74) is -0.670. The highest BCUT2D eigenvalue weighted by Gasteiger charge is 2.51. The van der Waals surface area contributed by atoms with Crippen LogP contribution in [0.5, 0.6) is 0 Å². The molecule has 15 heteroatoms. The zero-order chi connectivity index (χ0) is 28.6. The molecule has 3 N–H and O–H groups in total. The number of aryl methyl sites for hydroxylation is 1. The number of rotatable bonds is 8. The van der Waals surface area contributed by atoms with E-state index < -0.39 is 64.7 Å². The Morgan fingerprint density at radius 1 is 1.25 bits per heavy atom. The van der Waals surface area contributed by atoms with Gasteiger partial charge in [0.05, 0.1) is 23.7 Å². The lowest BCUT2D eigenvalue weighted by atomic mass is 9.89. The van der Waals surface area contributed by atoms with Crippen molar-refractivity contribution in [1.82, 2.24) is 20.2 Å². The molecule has 0 saturated carbocycles. The van der Waals surface area contributed by atoms with Gasteiger partial charge < -0.3 is 29.3 Å². The lowest BCUT2D eigenvalue weighted by Crippen LogP contribution is -2.56. The Balaban J connectivity index is 1.49. The number of hydrogen-bond acceptors (Lipinski definition) is 11. The minimum absolute atomic E-state index is 0.0289. The molecule has 40 heavy (non-hydrogen) atoms. The fourth-order valence-electron chi connectivity index (χ4n) is 5.10. The first-order valence-corrected chi connectivity index (χ1v) is 14.7.